The number of nitrogens with one attached hydrogen (secondary N) is 1. The van der Waals surface area contributed by atoms with Crippen LogP contribution in [0.4, 0.5) is 0 Å². The molecule has 0 saturated carbocycles. The van der Waals surface area contributed by atoms with Gasteiger partial charge in [0.2, 0.25) is 0 Å². The fourth-order valence-corrected chi connectivity index (χ4v) is 3.15. The molecule has 0 aromatic carbocycles. The number of hydrogen-bond acceptors (Lipinski definition) is 3. The molecule has 0 aromatic heterocycles. The molecule has 0 amide bonds. The van der Waals surface area contributed by atoms with Crippen LogP contribution in [0.25, 0.3) is 0 Å². The van der Waals surface area contributed by atoms with Gasteiger partial charge in [-0.25, -0.2) is 0 Å². The first kappa shape index (κ1) is 17.9. The number of rotatable bonds is 9. The van der Waals surface area contributed by atoms with Crippen molar-refractivity contribution in [2.24, 2.45) is 5.92 Å². The summed E-state index contributed by atoms with van der Waals surface area (Å²) in [7, 11) is 0. The SMILES string of the molecule is CCCNC(CC(C)CCC)C1CN(C(C)C)CCO1. The van der Waals surface area contributed by atoms with Crippen molar-refractivity contribution in [1.82, 2.24) is 10.2 Å². The van der Waals surface area contributed by atoms with E-state index in [4.69, 9.17) is 4.74 Å². The van der Waals surface area contributed by atoms with E-state index >= 15 is 0 Å². The summed E-state index contributed by atoms with van der Waals surface area (Å²) in [5.41, 5.74) is 0. The molecule has 3 atom stereocenters. The third-order valence-corrected chi connectivity index (χ3v) is 4.40. The highest BCUT2D eigenvalue weighted by Crippen LogP contribution is 2.19. The van der Waals surface area contributed by atoms with Gasteiger partial charge in [0.05, 0.1) is 12.7 Å². The maximum atomic E-state index is 6.09. The van der Waals surface area contributed by atoms with Crippen LogP contribution in [-0.4, -0.2) is 49.3 Å². The topological polar surface area (TPSA) is 24.5 Å². The van der Waals surface area contributed by atoms with E-state index in [2.05, 4.69) is 44.8 Å². The van der Waals surface area contributed by atoms with Crippen molar-refractivity contribution in [3.05, 3.63) is 0 Å². The van der Waals surface area contributed by atoms with Gasteiger partial charge in [0.15, 0.2) is 0 Å². The van der Waals surface area contributed by atoms with Crippen LogP contribution in [0.15, 0.2) is 0 Å². The average Bonchev–Trinajstić information content (AvgIpc) is 2.43. The maximum Gasteiger partial charge on any atom is 0.0855 e. The van der Waals surface area contributed by atoms with E-state index in [1.165, 1.54) is 25.7 Å². The molecular formula is C17H36N2O. The van der Waals surface area contributed by atoms with Gasteiger partial charge in [-0.05, 0) is 39.2 Å². The third kappa shape index (κ3) is 6.11. The zero-order chi connectivity index (χ0) is 15.0. The Morgan fingerprint density at radius 2 is 1.95 bits per heavy atom. The van der Waals surface area contributed by atoms with Crippen LogP contribution in [-0.2, 0) is 4.74 Å². The fraction of sp³-hybridized carbons (Fsp3) is 1.00. The molecule has 3 heteroatoms. The molecule has 1 fully saturated rings. The van der Waals surface area contributed by atoms with Gasteiger partial charge >= 0.3 is 0 Å². The Morgan fingerprint density at radius 1 is 1.20 bits per heavy atom. The highest BCUT2D eigenvalue weighted by molar-refractivity contribution is 4.85. The summed E-state index contributed by atoms with van der Waals surface area (Å²) in [4.78, 5) is 2.55. The second kappa shape index (κ2) is 9.75. The Kier molecular flexibility index (Phi) is 8.74. The lowest BCUT2D eigenvalue weighted by molar-refractivity contribution is -0.0585. The summed E-state index contributed by atoms with van der Waals surface area (Å²) < 4.78 is 6.09. The Morgan fingerprint density at radius 3 is 2.55 bits per heavy atom. The summed E-state index contributed by atoms with van der Waals surface area (Å²) >= 11 is 0. The molecule has 1 saturated heterocycles. The summed E-state index contributed by atoms with van der Waals surface area (Å²) in [6.07, 6.45) is 5.40. The van der Waals surface area contributed by atoms with Gasteiger partial charge in [-0.15, -0.1) is 0 Å². The molecular weight excluding hydrogens is 248 g/mol. The molecule has 1 N–H and O–H groups in total. The van der Waals surface area contributed by atoms with Gasteiger partial charge in [0.25, 0.3) is 0 Å². The number of nitrogens with zero attached hydrogens (tertiary/aromatic N) is 1. The Labute approximate surface area is 126 Å². The standard InChI is InChI=1S/C17H36N2O/c1-6-8-15(5)12-16(18-9-7-2)17-13-19(14(3)4)10-11-20-17/h14-18H,6-13H2,1-5H3. The molecule has 1 aliphatic rings. The largest absolute Gasteiger partial charge is 0.374 e. The van der Waals surface area contributed by atoms with Crippen LogP contribution in [0.2, 0.25) is 0 Å². The number of ether oxygens (including phenoxy) is 1. The summed E-state index contributed by atoms with van der Waals surface area (Å²) in [5.74, 6) is 0.785. The van der Waals surface area contributed by atoms with Crippen LogP contribution >= 0.6 is 0 Å². The van der Waals surface area contributed by atoms with Crippen molar-refractivity contribution in [1.29, 1.82) is 0 Å². The Hall–Kier alpha value is -0.120. The molecule has 0 bridgehead atoms. The second-order valence-corrected chi connectivity index (χ2v) is 6.69. The predicted octanol–water partition coefficient (Wildman–Crippen LogP) is 3.29. The molecule has 20 heavy (non-hydrogen) atoms. The zero-order valence-corrected chi connectivity index (χ0v) is 14.3. The van der Waals surface area contributed by atoms with Crippen LogP contribution in [0.5, 0.6) is 0 Å². The lowest BCUT2D eigenvalue weighted by Gasteiger charge is -2.40. The van der Waals surface area contributed by atoms with Gasteiger partial charge in [0.1, 0.15) is 0 Å². The number of hydrogen-bond donors (Lipinski definition) is 1. The first-order valence-electron chi connectivity index (χ1n) is 8.67. The van der Waals surface area contributed by atoms with E-state index in [1.54, 1.807) is 0 Å². The van der Waals surface area contributed by atoms with Crippen molar-refractivity contribution in [2.75, 3.05) is 26.2 Å². The third-order valence-electron chi connectivity index (χ3n) is 4.40. The van der Waals surface area contributed by atoms with E-state index in [0.29, 0.717) is 18.2 Å². The predicted molar refractivity (Wildman–Crippen MR) is 87.2 cm³/mol. The molecule has 0 aliphatic carbocycles. The van der Waals surface area contributed by atoms with Crippen LogP contribution in [0, 0.1) is 5.92 Å². The van der Waals surface area contributed by atoms with E-state index in [0.717, 1.165) is 32.2 Å². The van der Waals surface area contributed by atoms with Crippen LogP contribution in [0.3, 0.4) is 0 Å². The highest BCUT2D eigenvalue weighted by Gasteiger charge is 2.29. The first-order valence-corrected chi connectivity index (χ1v) is 8.67. The minimum Gasteiger partial charge on any atom is -0.374 e. The van der Waals surface area contributed by atoms with E-state index in [1.807, 2.05) is 0 Å². The van der Waals surface area contributed by atoms with Crippen LogP contribution < -0.4 is 5.32 Å². The van der Waals surface area contributed by atoms with Gasteiger partial charge in [-0.2, -0.15) is 0 Å². The molecule has 0 radical (unpaired) electrons. The smallest absolute Gasteiger partial charge is 0.0855 e. The van der Waals surface area contributed by atoms with Gasteiger partial charge in [-0.3, -0.25) is 4.90 Å². The normalized spacial score (nSPS) is 24.0. The molecule has 1 heterocycles. The monoisotopic (exact) mass is 284 g/mol. The summed E-state index contributed by atoms with van der Waals surface area (Å²) in [6.45, 7) is 15.6. The van der Waals surface area contributed by atoms with Gasteiger partial charge < -0.3 is 10.1 Å². The van der Waals surface area contributed by atoms with Crippen molar-refractivity contribution in [3.8, 4) is 0 Å². The first-order chi connectivity index (χ1) is 9.58. The van der Waals surface area contributed by atoms with Crippen molar-refractivity contribution >= 4 is 0 Å². The summed E-state index contributed by atoms with van der Waals surface area (Å²) in [5, 5.41) is 3.74. The molecule has 0 aromatic rings. The van der Waals surface area contributed by atoms with Crippen LogP contribution in [0.1, 0.15) is 60.3 Å². The Balaban J connectivity index is 2.56. The fourth-order valence-electron chi connectivity index (χ4n) is 3.15. The average molecular weight is 284 g/mol. The molecule has 1 rings (SSSR count). The second-order valence-electron chi connectivity index (χ2n) is 6.69. The molecule has 1 aliphatic heterocycles. The molecule has 120 valence electrons. The lowest BCUT2D eigenvalue weighted by atomic mass is 9.93. The van der Waals surface area contributed by atoms with Crippen molar-refractivity contribution < 1.29 is 4.74 Å². The maximum absolute atomic E-state index is 6.09. The minimum absolute atomic E-state index is 0.358. The van der Waals surface area contributed by atoms with Gasteiger partial charge in [0, 0.05) is 25.2 Å². The highest BCUT2D eigenvalue weighted by atomic mass is 16.5. The molecule has 0 spiro atoms. The van der Waals surface area contributed by atoms with Crippen molar-refractivity contribution in [2.45, 2.75) is 78.5 Å². The van der Waals surface area contributed by atoms with Crippen molar-refractivity contribution in [3.63, 3.8) is 0 Å². The Bertz CT molecular complexity index is 245. The lowest BCUT2D eigenvalue weighted by Crippen LogP contribution is -2.54. The van der Waals surface area contributed by atoms with E-state index < -0.39 is 0 Å². The zero-order valence-electron chi connectivity index (χ0n) is 14.3. The summed E-state index contributed by atoms with van der Waals surface area (Å²) in [6, 6.07) is 1.14. The number of morpholine rings is 1. The van der Waals surface area contributed by atoms with E-state index in [-0.39, 0.29) is 0 Å². The van der Waals surface area contributed by atoms with Gasteiger partial charge in [-0.1, -0.05) is 33.6 Å². The molecule has 3 unspecified atom stereocenters. The quantitative estimate of drug-likeness (QED) is 0.703. The van der Waals surface area contributed by atoms with E-state index in [9.17, 15) is 0 Å². The minimum atomic E-state index is 0.358. The molecule has 3 nitrogen and oxygen atoms in total.